The number of ether oxygens (including phenoxy) is 1. The molecule has 0 unspecified atom stereocenters. The van der Waals surface area contributed by atoms with E-state index in [1.165, 1.54) is 6.42 Å². The summed E-state index contributed by atoms with van der Waals surface area (Å²) in [7, 11) is 0. The van der Waals surface area contributed by atoms with Gasteiger partial charge in [-0.15, -0.1) is 0 Å². The van der Waals surface area contributed by atoms with Crippen molar-refractivity contribution >= 4 is 0 Å². The second-order valence-corrected chi connectivity index (χ2v) is 5.75. The number of hydrogen-bond acceptors (Lipinski definition) is 1. The molecule has 26 heavy (non-hydrogen) atoms. The highest BCUT2D eigenvalue weighted by molar-refractivity contribution is 5.44. The minimum absolute atomic E-state index is 0.113. The lowest BCUT2D eigenvalue weighted by molar-refractivity contribution is -0.143. The summed E-state index contributed by atoms with van der Waals surface area (Å²) < 4.78 is 82.7. The third-order valence-corrected chi connectivity index (χ3v) is 3.59. The summed E-state index contributed by atoms with van der Waals surface area (Å²) in [6.45, 7) is 2.56. The quantitative estimate of drug-likeness (QED) is 0.413. The second-order valence-electron chi connectivity index (χ2n) is 5.75. The number of alkyl halides is 6. The Morgan fingerprint density at radius 1 is 0.808 bits per heavy atom. The molecule has 0 saturated carbocycles. The first kappa shape index (κ1) is 20.1. The van der Waals surface area contributed by atoms with Gasteiger partial charge in [-0.05, 0) is 47.9 Å². The van der Waals surface area contributed by atoms with Gasteiger partial charge >= 0.3 is 12.4 Å². The van der Waals surface area contributed by atoms with Crippen molar-refractivity contribution in [3.8, 4) is 5.75 Å². The molecule has 7 heteroatoms. The van der Waals surface area contributed by atoms with Crippen molar-refractivity contribution in [2.24, 2.45) is 0 Å². The second kappa shape index (κ2) is 8.01. The molecule has 0 heterocycles. The van der Waals surface area contributed by atoms with Gasteiger partial charge in [0.2, 0.25) is 0 Å². The molecule has 0 aliphatic rings. The van der Waals surface area contributed by atoms with Crippen molar-refractivity contribution in [1.29, 1.82) is 0 Å². The van der Waals surface area contributed by atoms with Gasteiger partial charge in [-0.1, -0.05) is 25.5 Å². The molecule has 2 aromatic rings. The normalized spacial score (nSPS) is 12.3. The minimum atomic E-state index is -4.86. The lowest BCUT2D eigenvalue weighted by atomic mass is 9.99. The van der Waals surface area contributed by atoms with Crippen LogP contribution in [0.3, 0.4) is 0 Å². The van der Waals surface area contributed by atoms with E-state index >= 15 is 0 Å². The Bertz CT molecular complexity index is 684. The molecule has 1 nitrogen and oxygen atoms in total. The van der Waals surface area contributed by atoms with Crippen LogP contribution in [0.5, 0.6) is 5.75 Å². The largest absolute Gasteiger partial charge is 0.494 e. The SMILES string of the molecule is CCCCOc1ccc([CH]c2cc(C(F)(F)F)cc(C(F)(F)F)c2)cc1. The predicted octanol–water partition coefficient (Wildman–Crippen LogP) is 6.50. The van der Waals surface area contributed by atoms with Crippen LogP contribution in [0.2, 0.25) is 0 Å². The van der Waals surface area contributed by atoms with E-state index in [4.69, 9.17) is 4.74 Å². The Morgan fingerprint density at radius 3 is 1.81 bits per heavy atom. The van der Waals surface area contributed by atoms with Crippen LogP contribution < -0.4 is 4.74 Å². The van der Waals surface area contributed by atoms with Gasteiger partial charge in [0.05, 0.1) is 17.7 Å². The van der Waals surface area contributed by atoms with Crippen LogP contribution in [0.1, 0.15) is 42.0 Å². The minimum Gasteiger partial charge on any atom is -0.494 e. The van der Waals surface area contributed by atoms with E-state index in [2.05, 4.69) is 0 Å². The first-order valence-corrected chi connectivity index (χ1v) is 7.96. The molecule has 1 radical (unpaired) electrons. The van der Waals surface area contributed by atoms with Gasteiger partial charge in [0.1, 0.15) is 5.75 Å². The number of rotatable bonds is 6. The molecule has 0 N–H and O–H groups in total. The average Bonchev–Trinajstić information content (AvgIpc) is 2.55. The van der Waals surface area contributed by atoms with Gasteiger partial charge in [-0.2, -0.15) is 26.3 Å². The van der Waals surface area contributed by atoms with E-state index in [0.29, 0.717) is 30.1 Å². The molecule has 0 fully saturated rings. The Labute approximate surface area is 147 Å². The number of unbranched alkanes of at least 4 members (excludes halogenated alkanes) is 1. The fourth-order valence-electron chi connectivity index (χ4n) is 2.25. The first-order chi connectivity index (χ1) is 12.1. The third kappa shape index (κ3) is 5.68. The van der Waals surface area contributed by atoms with Crippen LogP contribution in [-0.2, 0) is 12.4 Å². The molecule has 2 rings (SSSR count). The zero-order chi connectivity index (χ0) is 19.4. The summed E-state index contributed by atoms with van der Waals surface area (Å²) in [6, 6.07) is 7.91. The highest BCUT2D eigenvalue weighted by Crippen LogP contribution is 2.37. The van der Waals surface area contributed by atoms with Crippen LogP contribution in [0.25, 0.3) is 0 Å². The van der Waals surface area contributed by atoms with Gasteiger partial charge in [0.15, 0.2) is 0 Å². The van der Waals surface area contributed by atoms with Crippen molar-refractivity contribution < 1.29 is 31.1 Å². The van der Waals surface area contributed by atoms with Crippen LogP contribution in [0.4, 0.5) is 26.3 Å². The Hall–Kier alpha value is -2.18. The molecular weight excluding hydrogens is 358 g/mol. The molecule has 0 aliphatic heterocycles. The summed E-state index contributed by atoms with van der Waals surface area (Å²) in [4.78, 5) is 0. The maximum absolute atomic E-state index is 12.9. The van der Waals surface area contributed by atoms with Crippen LogP contribution in [0.15, 0.2) is 42.5 Å². The number of hydrogen-bond donors (Lipinski definition) is 0. The molecule has 0 aromatic heterocycles. The molecule has 0 saturated heterocycles. The predicted molar refractivity (Wildman–Crippen MR) is 85.8 cm³/mol. The van der Waals surface area contributed by atoms with Crippen molar-refractivity contribution in [3.63, 3.8) is 0 Å². The van der Waals surface area contributed by atoms with Crippen molar-refractivity contribution in [2.75, 3.05) is 6.61 Å². The third-order valence-electron chi connectivity index (χ3n) is 3.59. The molecule has 0 atom stereocenters. The van der Waals surface area contributed by atoms with Gasteiger partial charge < -0.3 is 4.74 Å². The molecular formula is C19H17F6O. The highest BCUT2D eigenvalue weighted by atomic mass is 19.4. The molecule has 0 spiro atoms. The Kier molecular flexibility index (Phi) is 6.21. The van der Waals surface area contributed by atoms with Gasteiger partial charge in [0.25, 0.3) is 0 Å². The molecule has 0 aliphatic carbocycles. The summed E-state index contributed by atoms with van der Waals surface area (Å²) in [5.74, 6) is 0.593. The van der Waals surface area contributed by atoms with E-state index in [0.717, 1.165) is 12.8 Å². The van der Waals surface area contributed by atoms with Gasteiger partial charge in [-0.25, -0.2) is 0 Å². The van der Waals surface area contributed by atoms with Crippen molar-refractivity contribution in [1.82, 2.24) is 0 Å². The zero-order valence-electron chi connectivity index (χ0n) is 13.9. The topological polar surface area (TPSA) is 9.23 Å². The Morgan fingerprint density at radius 2 is 1.35 bits per heavy atom. The fourth-order valence-corrected chi connectivity index (χ4v) is 2.25. The lowest BCUT2D eigenvalue weighted by Crippen LogP contribution is -2.11. The monoisotopic (exact) mass is 375 g/mol. The van der Waals surface area contributed by atoms with Gasteiger partial charge in [0, 0.05) is 6.42 Å². The summed E-state index contributed by atoms with van der Waals surface area (Å²) in [6.07, 6.45) is -6.59. The van der Waals surface area contributed by atoms with Gasteiger partial charge in [-0.3, -0.25) is 0 Å². The van der Waals surface area contributed by atoms with E-state index in [1.807, 2.05) is 6.92 Å². The number of benzene rings is 2. The van der Waals surface area contributed by atoms with E-state index in [-0.39, 0.29) is 11.6 Å². The average molecular weight is 375 g/mol. The summed E-state index contributed by atoms with van der Waals surface area (Å²) in [5, 5.41) is 0. The molecule has 0 bridgehead atoms. The maximum Gasteiger partial charge on any atom is 0.416 e. The smallest absolute Gasteiger partial charge is 0.416 e. The summed E-state index contributed by atoms with van der Waals surface area (Å²) >= 11 is 0. The van der Waals surface area contributed by atoms with Crippen molar-refractivity contribution in [3.05, 3.63) is 71.1 Å². The molecule has 2 aromatic carbocycles. The fraction of sp³-hybridized carbons (Fsp3) is 0.316. The van der Waals surface area contributed by atoms with E-state index < -0.39 is 23.5 Å². The number of halogens is 6. The van der Waals surface area contributed by atoms with Crippen LogP contribution >= 0.6 is 0 Å². The molecule has 141 valence electrons. The lowest BCUT2D eigenvalue weighted by Gasteiger charge is -2.14. The zero-order valence-corrected chi connectivity index (χ0v) is 13.9. The van der Waals surface area contributed by atoms with Crippen LogP contribution in [-0.4, -0.2) is 6.61 Å². The standard InChI is InChI=1S/C19H17F6O/c1-2-3-8-26-17-6-4-13(5-7-17)9-14-10-15(18(20,21)22)12-16(11-14)19(23,24)25/h4-7,9-12H,2-3,8H2,1H3. The molecule has 0 amide bonds. The van der Waals surface area contributed by atoms with E-state index in [1.54, 1.807) is 24.3 Å². The van der Waals surface area contributed by atoms with Crippen LogP contribution in [0, 0.1) is 6.42 Å². The van der Waals surface area contributed by atoms with E-state index in [9.17, 15) is 26.3 Å². The van der Waals surface area contributed by atoms with Crippen molar-refractivity contribution in [2.45, 2.75) is 32.1 Å². The summed E-state index contributed by atoms with van der Waals surface area (Å²) in [5.41, 5.74) is -2.37. The first-order valence-electron chi connectivity index (χ1n) is 7.96. The maximum atomic E-state index is 12.9. The highest BCUT2D eigenvalue weighted by Gasteiger charge is 2.36. The Balaban J connectivity index is 2.22.